The third kappa shape index (κ3) is 2.36. The summed E-state index contributed by atoms with van der Waals surface area (Å²) in [5, 5.41) is 1.28. The molecule has 1 fully saturated rings. The molecule has 1 aromatic carbocycles. The highest BCUT2D eigenvalue weighted by Gasteiger charge is 2.29. The topological polar surface area (TPSA) is 64.8 Å². The molecule has 24 heavy (non-hydrogen) atoms. The van der Waals surface area contributed by atoms with Gasteiger partial charge in [0.25, 0.3) is 5.56 Å². The van der Waals surface area contributed by atoms with Crippen molar-refractivity contribution in [1.29, 1.82) is 0 Å². The molecular formula is C19H20N4O. The molecule has 1 aliphatic heterocycles. The summed E-state index contributed by atoms with van der Waals surface area (Å²) in [5.41, 5.74) is 4.42. The van der Waals surface area contributed by atoms with Gasteiger partial charge in [-0.25, -0.2) is 4.98 Å². The van der Waals surface area contributed by atoms with E-state index in [4.69, 9.17) is 4.98 Å². The average Bonchev–Trinajstić information content (AvgIpc) is 3.37. The molecule has 2 N–H and O–H groups in total. The number of aromatic amines is 2. The van der Waals surface area contributed by atoms with Crippen LogP contribution in [-0.2, 0) is 19.5 Å². The summed E-state index contributed by atoms with van der Waals surface area (Å²) in [6.07, 6.45) is 5.19. The zero-order valence-electron chi connectivity index (χ0n) is 13.5. The van der Waals surface area contributed by atoms with E-state index in [-0.39, 0.29) is 5.56 Å². The number of fused-ring (bicyclic) bond motifs is 2. The monoisotopic (exact) mass is 320 g/mol. The number of aromatic nitrogens is 3. The van der Waals surface area contributed by atoms with E-state index < -0.39 is 0 Å². The van der Waals surface area contributed by atoms with E-state index in [1.54, 1.807) is 0 Å². The van der Waals surface area contributed by atoms with Crippen LogP contribution in [0.1, 0.15) is 41.4 Å². The maximum atomic E-state index is 12.3. The molecule has 122 valence electrons. The van der Waals surface area contributed by atoms with Crippen LogP contribution in [0, 0.1) is 0 Å². The summed E-state index contributed by atoms with van der Waals surface area (Å²) in [7, 11) is 0. The Morgan fingerprint density at radius 3 is 3.00 bits per heavy atom. The van der Waals surface area contributed by atoms with Crippen molar-refractivity contribution in [1.82, 2.24) is 19.9 Å². The Morgan fingerprint density at radius 1 is 1.25 bits per heavy atom. The second-order valence-corrected chi connectivity index (χ2v) is 6.97. The van der Waals surface area contributed by atoms with Crippen LogP contribution in [0.15, 0.2) is 35.3 Å². The Bertz CT molecular complexity index is 967. The number of H-pyrrole nitrogens is 2. The van der Waals surface area contributed by atoms with Crippen molar-refractivity contribution in [2.75, 3.05) is 6.54 Å². The van der Waals surface area contributed by atoms with E-state index in [1.165, 1.54) is 16.5 Å². The third-order valence-electron chi connectivity index (χ3n) is 5.20. The molecule has 0 atom stereocenters. The summed E-state index contributed by atoms with van der Waals surface area (Å²) in [6.45, 7) is 2.55. The normalized spacial score (nSPS) is 18.0. The number of hydrogen-bond donors (Lipinski definition) is 2. The van der Waals surface area contributed by atoms with Gasteiger partial charge in [-0.3, -0.25) is 9.69 Å². The van der Waals surface area contributed by atoms with Gasteiger partial charge in [0, 0.05) is 48.2 Å². The molecule has 0 unspecified atom stereocenters. The maximum Gasteiger partial charge on any atom is 0.254 e. The lowest BCUT2D eigenvalue weighted by Gasteiger charge is -2.27. The first-order valence-electron chi connectivity index (χ1n) is 8.67. The predicted octanol–water partition coefficient (Wildman–Crippen LogP) is 2.69. The van der Waals surface area contributed by atoms with Gasteiger partial charge in [-0.05, 0) is 30.9 Å². The second kappa shape index (κ2) is 5.31. The number of hydrogen-bond acceptors (Lipinski definition) is 3. The molecule has 0 radical (unpaired) electrons. The molecule has 0 bridgehead atoms. The summed E-state index contributed by atoms with van der Waals surface area (Å²) in [4.78, 5) is 25.8. The highest BCUT2D eigenvalue weighted by atomic mass is 16.1. The number of rotatable bonds is 3. The quantitative estimate of drug-likeness (QED) is 0.780. The minimum atomic E-state index is 0.0774. The van der Waals surface area contributed by atoms with Gasteiger partial charge in [-0.1, -0.05) is 18.2 Å². The summed E-state index contributed by atoms with van der Waals surface area (Å²) >= 11 is 0. The average molecular weight is 320 g/mol. The number of para-hydroxylation sites is 1. The molecule has 2 aromatic heterocycles. The van der Waals surface area contributed by atoms with Crippen LogP contribution in [0.5, 0.6) is 0 Å². The fourth-order valence-electron chi connectivity index (χ4n) is 3.70. The molecule has 5 heteroatoms. The van der Waals surface area contributed by atoms with Gasteiger partial charge in [0.05, 0.1) is 5.69 Å². The van der Waals surface area contributed by atoms with Gasteiger partial charge >= 0.3 is 0 Å². The fourth-order valence-corrected chi connectivity index (χ4v) is 3.70. The summed E-state index contributed by atoms with van der Waals surface area (Å²) < 4.78 is 0. The largest absolute Gasteiger partial charge is 0.361 e. The summed E-state index contributed by atoms with van der Waals surface area (Å²) in [5.74, 6) is 1.37. The molecule has 2 aliphatic rings. The van der Waals surface area contributed by atoms with E-state index in [0.717, 1.165) is 56.0 Å². The van der Waals surface area contributed by atoms with Crippen LogP contribution < -0.4 is 5.56 Å². The van der Waals surface area contributed by atoms with Crippen LogP contribution in [0.2, 0.25) is 0 Å². The standard InChI is InChI=1S/C19H20N4O/c24-19-15-7-8-23(11-17(15)21-18(22-19)12-5-6-12)10-13-9-20-16-4-2-1-3-14(13)16/h1-4,9,12,20H,5-8,10-11H2,(H,21,22,24). The fraction of sp³-hybridized carbons (Fsp3) is 0.368. The molecular weight excluding hydrogens is 300 g/mol. The molecule has 5 nitrogen and oxygen atoms in total. The van der Waals surface area contributed by atoms with Crippen LogP contribution >= 0.6 is 0 Å². The van der Waals surface area contributed by atoms with Crippen LogP contribution in [0.3, 0.4) is 0 Å². The zero-order chi connectivity index (χ0) is 16.1. The predicted molar refractivity (Wildman–Crippen MR) is 92.9 cm³/mol. The molecule has 1 aliphatic carbocycles. The van der Waals surface area contributed by atoms with E-state index in [1.807, 2.05) is 0 Å². The van der Waals surface area contributed by atoms with Crippen LogP contribution in [0.4, 0.5) is 0 Å². The summed E-state index contributed by atoms with van der Waals surface area (Å²) in [6, 6.07) is 8.39. The maximum absolute atomic E-state index is 12.3. The minimum absolute atomic E-state index is 0.0774. The van der Waals surface area contributed by atoms with Gasteiger partial charge < -0.3 is 9.97 Å². The van der Waals surface area contributed by atoms with Crippen LogP contribution in [-0.4, -0.2) is 26.4 Å². The van der Waals surface area contributed by atoms with Crippen molar-refractivity contribution >= 4 is 10.9 Å². The van der Waals surface area contributed by atoms with E-state index in [2.05, 4.69) is 45.3 Å². The van der Waals surface area contributed by atoms with Gasteiger partial charge in [-0.2, -0.15) is 0 Å². The third-order valence-corrected chi connectivity index (χ3v) is 5.20. The SMILES string of the molecule is O=c1[nH]c(C2CC2)nc2c1CCN(Cc1c[nH]c3ccccc13)C2. The van der Waals surface area contributed by atoms with Gasteiger partial charge in [0.15, 0.2) is 0 Å². The highest BCUT2D eigenvalue weighted by molar-refractivity contribution is 5.82. The van der Waals surface area contributed by atoms with E-state index >= 15 is 0 Å². The Balaban J connectivity index is 1.43. The van der Waals surface area contributed by atoms with Gasteiger partial charge in [0.1, 0.15) is 5.82 Å². The smallest absolute Gasteiger partial charge is 0.254 e. The Kier molecular flexibility index (Phi) is 3.10. The molecule has 0 spiro atoms. The van der Waals surface area contributed by atoms with Gasteiger partial charge in [-0.15, -0.1) is 0 Å². The van der Waals surface area contributed by atoms with Crippen molar-refractivity contribution in [3.8, 4) is 0 Å². The van der Waals surface area contributed by atoms with Crippen molar-refractivity contribution < 1.29 is 0 Å². The minimum Gasteiger partial charge on any atom is -0.361 e. The van der Waals surface area contributed by atoms with E-state index in [9.17, 15) is 4.79 Å². The van der Waals surface area contributed by atoms with Crippen molar-refractivity contribution in [2.24, 2.45) is 0 Å². The number of nitrogens with one attached hydrogen (secondary N) is 2. The zero-order valence-corrected chi connectivity index (χ0v) is 13.5. The number of nitrogens with zero attached hydrogens (tertiary/aromatic N) is 2. The molecule has 0 saturated heterocycles. The van der Waals surface area contributed by atoms with Crippen LogP contribution in [0.25, 0.3) is 10.9 Å². The molecule has 1 saturated carbocycles. The molecule has 0 amide bonds. The molecule has 3 heterocycles. The van der Waals surface area contributed by atoms with Crippen molar-refractivity contribution in [2.45, 2.75) is 38.3 Å². The Labute approximate surface area is 139 Å². The molecule has 5 rings (SSSR count). The lowest BCUT2D eigenvalue weighted by molar-refractivity contribution is 0.241. The number of benzene rings is 1. The molecule has 3 aromatic rings. The first-order valence-corrected chi connectivity index (χ1v) is 8.67. The first-order chi connectivity index (χ1) is 11.8. The first kappa shape index (κ1) is 14.0. The van der Waals surface area contributed by atoms with Crippen molar-refractivity contribution in [3.05, 3.63) is 63.5 Å². The van der Waals surface area contributed by atoms with Crippen molar-refractivity contribution in [3.63, 3.8) is 0 Å². The second-order valence-electron chi connectivity index (χ2n) is 6.97. The van der Waals surface area contributed by atoms with E-state index in [0.29, 0.717) is 5.92 Å². The lowest BCUT2D eigenvalue weighted by atomic mass is 10.1. The lowest BCUT2D eigenvalue weighted by Crippen LogP contribution is -2.35. The highest BCUT2D eigenvalue weighted by Crippen LogP contribution is 2.37. The Morgan fingerprint density at radius 2 is 2.12 bits per heavy atom. The Hall–Kier alpha value is -2.40. The van der Waals surface area contributed by atoms with Gasteiger partial charge in [0.2, 0.25) is 0 Å².